The third-order valence-corrected chi connectivity index (χ3v) is 4.77. The maximum atomic E-state index is 4.77. The Morgan fingerprint density at radius 1 is 1.31 bits per heavy atom. The summed E-state index contributed by atoms with van der Waals surface area (Å²) in [5.41, 5.74) is 1.12. The van der Waals surface area contributed by atoms with Gasteiger partial charge in [0.1, 0.15) is 0 Å². The number of pyridine rings is 1. The minimum Gasteiger partial charge on any atom is -0.263 e. The van der Waals surface area contributed by atoms with Gasteiger partial charge in [-0.05, 0) is 18.4 Å². The average Bonchev–Trinajstić information content (AvgIpc) is 2.73. The zero-order valence-electron chi connectivity index (χ0n) is 9.52. The highest BCUT2D eigenvalue weighted by Gasteiger charge is 2.25. The van der Waals surface area contributed by atoms with E-state index in [1.807, 2.05) is 29.8 Å². The molecule has 84 valence electrons. The Morgan fingerprint density at radius 2 is 2.19 bits per heavy atom. The summed E-state index contributed by atoms with van der Waals surface area (Å²) >= 11 is 1.83. The molecule has 2 nitrogen and oxygen atoms in total. The minimum absolute atomic E-state index is 0.686. The molecule has 16 heavy (non-hydrogen) atoms. The highest BCUT2D eigenvalue weighted by Crippen LogP contribution is 2.40. The molecule has 0 aliphatic heterocycles. The number of fused-ring (bicyclic) bond motifs is 1. The van der Waals surface area contributed by atoms with Crippen LogP contribution in [0.5, 0.6) is 0 Å². The number of aromatic nitrogens is 2. The van der Waals surface area contributed by atoms with Crippen LogP contribution in [0.2, 0.25) is 0 Å². The Kier molecular flexibility index (Phi) is 2.64. The fourth-order valence-electron chi connectivity index (χ4n) is 2.64. The molecule has 0 saturated heterocycles. The highest BCUT2D eigenvalue weighted by molar-refractivity contribution is 7.18. The van der Waals surface area contributed by atoms with Crippen LogP contribution in [0.3, 0.4) is 0 Å². The molecule has 2 atom stereocenters. The summed E-state index contributed by atoms with van der Waals surface area (Å²) in [5, 5.41) is 1.33. The van der Waals surface area contributed by atoms with Gasteiger partial charge >= 0.3 is 0 Å². The van der Waals surface area contributed by atoms with Gasteiger partial charge in [-0.1, -0.05) is 26.2 Å². The van der Waals surface area contributed by atoms with Gasteiger partial charge in [-0.3, -0.25) is 4.98 Å². The zero-order valence-corrected chi connectivity index (χ0v) is 10.3. The molecule has 0 radical (unpaired) electrons. The Hall–Kier alpha value is -0.960. The topological polar surface area (TPSA) is 25.8 Å². The van der Waals surface area contributed by atoms with Crippen LogP contribution < -0.4 is 0 Å². The molecule has 3 rings (SSSR count). The molecule has 2 aromatic heterocycles. The maximum absolute atomic E-state index is 4.77. The molecule has 0 spiro atoms. The lowest BCUT2D eigenvalue weighted by Gasteiger charge is -2.26. The van der Waals surface area contributed by atoms with Gasteiger partial charge in [0.25, 0.3) is 0 Å². The number of hydrogen-bond acceptors (Lipinski definition) is 3. The molecule has 1 aliphatic rings. The summed E-state index contributed by atoms with van der Waals surface area (Å²) in [5.74, 6) is 1.48. The van der Waals surface area contributed by atoms with Crippen LogP contribution in [0.1, 0.15) is 43.5 Å². The smallest absolute Gasteiger partial charge is 0.0972 e. The van der Waals surface area contributed by atoms with Crippen LogP contribution >= 0.6 is 11.3 Å². The van der Waals surface area contributed by atoms with Gasteiger partial charge < -0.3 is 0 Å². The molecule has 3 heteroatoms. The average molecular weight is 232 g/mol. The first kappa shape index (κ1) is 10.2. The summed E-state index contributed by atoms with van der Waals surface area (Å²) in [4.78, 5) is 8.93. The lowest BCUT2D eigenvalue weighted by Crippen LogP contribution is -2.14. The molecule has 0 bridgehead atoms. The second kappa shape index (κ2) is 4.13. The van der Waals surface area contributed by atoms with Crippen molar-refractivity contribution < 1.29 is 0 Å². The molecule has 0 N–H and O–H groups in total. The third-order valence-electron chi connectivity index (χ3n) is 3.64. The quantitative estimate of drug-likeness (QED) is 0.743. The summed E-state index contributed by atoms with van der Waals surface area (Å²) < 4.78 is 1.23. The number of hydrogen-bond donors (Lipinski definition) is 0. The first-order chi connectivity index (χ1) is 7.84. The fraction of sp³-hybridized carbons (Fsp3) is 0.538. The van der Waals surface area contributed by atoms with E-state index in [0.29, 0.717) is 5.92 Å². The van der Waals surface area contributed by atoms with Crippen molar-refractivity contribution in [1.82, 2.24) is 9.97 Å². The van der Waals surface area contributed by atoms with Crippen molar-refractivity contribution in [3.8, 4) is 0 Å². The lowest BCUT2D eigenvalue weighted by atomic mass is 9.81. The van der Waals surface area contributed by atoms with Gasteiger partial charge in [0.15, 0.2) is 0 Å². The lowest BCUT2D eigenvalue weighted by molar-refractivity contribution is 0.330. The largest absolute Gasteiger partial charge is 0.263 e. The van der Waals surface area contributed by atoms with E-state index in [9.17, 15) is 0 Å². The summed E-state index contributed by atoms with van der Waals surface area (Å²) in [6.45, 7) is 2.37. The second-order valence-corrected chi connectivity index (χ2v) is 5.83. The van der Waals surface area contributed by atoms with Crippen molar-refractivity contribution in [2.75, 3.05) is 0 Å². The predicted molar refractivity (Wildman–Crippen MR) is 67.8 cm³/mol. The molecule has 2 aromatic rings. The van der Waals surface area contributed by atoms with Crippen LogP contribution in [-0.2, 0) is 0 Å². The second-order valence-electron chi connectivity index (χ2n) is 4.76. The monoisotopic (exact) mass is 232 g/mol. The summed E-state index contributed by atoms with van der Waals surface area (Å²) in [7, 11) is 0. The standard InChI is InChI=1S/C13H16N2S/c1-9-4-2-3-5-10(9)13-15-11-6-7-14-8-12(11)16-13/h6-10H,2-5H2,1H3/t9-,10-/m1/s1. The van der Waals surface area contributed by atoms with E-state index in [1.54, 1.807) is 0 Å². The van der Waals surface area contributed by atoms with E-state index in [2.05, 4.69) is 11.9 Å². The zero-order chi connectivity index (χ0) is 11.0. The van der Waals surface area contributed by atoms with E-state index in [4.69, 9.17) is 4.98 Å². The van der Waals surface area contributed by atoms with Crippen molar-refractivity contribution in [2.45, 2.75) is 38.5 Å². The Morgan fingerprint density at radius 3 is 3.00 bits per heavy atom. The minimum atomic E-state index is 0.686. The molecule has 1 saturated carbocycles. The third kappa shape index (κ3) is 1.73. The summed E-state index contributed by atoms with van der Waals surface area (Å²) in [6, 6.07) is 2.02. The van der Waals surface area contributed by atoms with Crippen molar-refractivity contribution >= 4 is 21.6 Å². The van der Waals surface area contributed by atoms with Gasteiger partial charge in [0.05, 0.1) is 15.2 Å². The summed E-state index contributed by atoms with van der Waals surface area (Å²) in [6.07, 6.45) is 9.20. The Labute approximate surface area is 99.7 Å². The van der Waals surface area contributed by atoms with Crippen LogP contribution in [-0.4, -0.2) is 9.97 Å². The first-order valence-corrected chi connectivity index (χ1v) is 6.86. The van der Waals surface area contributed by atoms with Crippen LogP contribution in [0.25, 0.3) is 10.2 Å². The van der Waals surface area contributed by atoms with Crippen molar-refractivity contribution in [3.05, 3.63) is 23.5 Å². The van der Waals surface area contributed by atoms with E-state index in [-0.39, 0.29) is 0 Å². The molecule has 0 aromatic carbocycles. The van der Waals surface area contributed by atoms with Gasteiger partial charge in [-0.15, -0.1) is 11.3 Å². The van der Waals surface area contributed by atoms with Crippen molar-refractivity contribution in [1.29, 1.82) is 0 Å². The SMILES string of the molecule is C[C@@H]1CCCC[C@H]1c1nc2ccncc2s1. The van der Waals surface area contributed by atoms with Gasteiger partial charge in [-0.2, -0.15) is 0 Å². The molecule has 0 amide bonds. The van der Waals surface area contributed by atoms with Crippen LogP contribution in [0, 0.1) is 5.92 Å². The van der Waals surface area contributed by atoms with Crippen LogP contribution in [0.4, 0.5) is 0 Å². The van der Waals surface area contributed by atoms with Crippen molar-refractivity contribution in [3.63, 3.8) is 0 Å². The maximum Gasteiger partial charge on any atom is 0.0972 e. The number of rotatable bonds is 1. The van der Waals surface area contributed by atoms with E-state index < -0.39 is 0 Å². The van der Waals surface area contributed by atoms with Gasteiger partial charge in [-0.25, -0.2) is 4.98 Å². The van der Waals surface area contributed by atoms with Gasteiger partial charge in [0, 0.05) is 18.3 Å². The van der Waals surface area contributed by atoms with Gasteiger partial charge in [0.2, 0.25) is 0 Å². The van der Waals surface area contributed by atoms with E-state index in [0.717, 1.165) is 11.4 Å². The molecule has 0 unspecified atom stereocenters. The highest BCUT2D eigenvalue weighted by atomic mass is 32.1. The Bertz CT molecular complexity index is 458. The molecule has 1 fully saturated rings. The number of thiazole rings is 1. The van der Waals surface area contributed by atoms with E-state index >= 15 is 0 Å². The van der Waals surface area contributed by atoms with E-state index in [1.165, 1.54) is 35.4 Å². The normalized spacial score (nSPS) is 26.1. The predicted octanol–water partition coefficient (Wildman–Crippen LogP) is 3.99. The first-order valence-electron chi connectivity index (χ1n) is 6.05. The van der Waals surface area contributed by atoms with Crippen molar-refractivity contribution in [2.24, 2.45) is 5.92 Å². The number of nitrogens with zero attached hydrogens (tertiary/aromatic N) is 2. The Balaban J connectivity index is 1.98. The molecular formula is C13H16N2S. The van der Waals surface area contributed by atoms with Crippen LogP contribution in [0.15, 0.2) is 18.5 Å². The fourth-order valence-corrected chi connectivity index (χ4v) is 3.84. The molecular weight excluding hydrogens is 216 g/mol. The molecule has 2 heterocycles. The molecule has 1 aliphatic carbocycles.